The lowest BCUT2D eigenvalue weighted by atomic mass is 9.96. The lowest BCUT2D eigenvalue weighted by molar-refractivity contribution is 0.00788. The van der Waals surface area contributed by atoms with Gasteiger partial charge in [0.2, 0.25) is 0 Å². The minimum Gasteiger partial charge on any atom is -0.444 e. The van der Waals surface area contributed by atoms with Crippen molar-refractivity contribution in [2.75, 3.05) is 6.54 Å². The van der Waals surface area contributed by atoms with Gasteiger partial charge in [-0.2, -0.15) is 0 Å². The molecule has 1 aliphatic heterocycles. The average molecular weight is 325 g/mol. The normalized spacial score (nSPS) is 29.3. The lowest BCUT2D eigenvalue weighted by Gasteiger charge is -2.38. The molecule has 0 bridgehead atoms. The fourth-order valence-electron chi connectivity index (χ4n) is 3.79. The molecule has 0 radical (unpaired) electrons. The van der Waals surface area contributed by atoms with Crippen LogP contribution in [-0.4, -0.2) is 41.3 Å². The number of piperidine rings is 1. The highest BCUT2D eigenvalue weighted by Crippen LogP contribution is 2.35. The highest BCUT2D eigenvalue weighted by Gasteiger charge is 2.37. The quantitative estimate of drug-likeness (QED) is 0.790. The molecule has 2 aliphatic rings. The van der Waals surface area contributed by atoms with Crippen molar-refractivity contribution in [2.24, 2.45) is 5.92 Å². The highest BCUT2D eigenvalue weighted by atomic mass is 16.6. The maximum Gasteiger partial charge on any atom is 0.410 e. The van der Waals surface area contributed by atoms with Crippen LogP contribution in [0.1, 0.15) is 79.6 Å². The number of hydrogen-bond donors (Lipinski definition) is 1. The van der Waals surface area contributed by atoms with Gasteiger partial charge in [-0.3, -0.25) is 0 Å². The van der Waals surface area contributed by atoms with Gasteiger partial charge in [0, 0.05) is 24.7 Å². The van der Waals surface area contributed by atoms with E-state index in [1.54, 1.807) is 0 Å². The predicted molar refractivity (Wildman–Crippen MR) is 94.6 cm³/mol. The molecule has 4 unspecified atom stereocenters. The summed E-state index contributed by atoms with van der Waals surface area (Å²) in [6.45, 7) is 11.2. The van der Waals surface area contributed by atoms with E-state index in [1.807, 2.05) is 25.7 Å². The highest BCUT2D eigenvalue weighted by molar-refractivity contribution is 5.68. The summed E-state index contributed by atoms with van der Waals surface area (Å²) in [5.74, 6) is 0.885. The molecule has 0 aromatic carbocycles. The van der Waals surface area contributed by atoms with Crippen molar-refractivity contribution in [3.8, 4) is 0 Å². The maximum absolute atomic E-state index is 12.5. The topological polar surface area (TPSA) is 41.6 Å². The third kappa shape index (κ3) is 5.98. The Bertz CT molecular complexity index is 391. The number of likely N-dealkylation sites (tertiary alicyclic amines) is 1. The minimum atomic E-state index is -0.412. The van der Waals surface area contributed by atoms with E-state index in [1.165, 1.54) is 25.7 Å². The molecule has 0 aromatic rings. The summed E-state index contributed by atoms with van der Waals surface area (Å²) in [6.07, 6.45) is 8.29. The summed E-state index contributed by atoms with van der Waals surface area (Å²) in [4.78, 5) is 14.4. The van der Waals surface area contributed by atoms with Crippen LogP contribution >= 0.6 is 0 Å². The molecular formula is C19H36N2O2. The SMILES string of the molecule is CCCC1CC1NC(C)CC1CCCCN1C(=O)OC(C)(C)C. The van der Waals surface area contributed by atoms with Crippen LogP contribution in [0.4, 0.5) is 4.79 Å². The molecule has 1 amide bonds. The molecule has 0 aromatic heterocycles. The molecule has 1 heterocycles. The minimum absolute atomic E-state index is 0.135. The zero-order valence-electron chi connectivity index (χ0n) is 15.7. The second-order valence-corrected chi connectivity index (χ2v) is 8.52. The fourth-order valence-corrected chi connectivity index (χ4v) is 3.79. The van der Waals surface area contributed by atoms with Crippen LogP contribution in [0, 0.1) is 5.92 Å². The van der Waals surface area contributed by atoms with Crippen molar-refractivity contribution in [3.63, 3.8) is 0 Å². The smallest absolute Gasteiger partial charge is 0.410 e. The molecule has 2 rings (SSSR count). The molecule has 1 saturated carbocycles. The van der Waals surface area contributed by atoms with Crippen LogP contribution in [0.15, 0.2) is 0 Å². The number of carbonyl (C=O) groups is 1. The average Bonchev–Trinajstić information content (AvgIpc) is 3.15. The van der Waals surface area contributed by atoms with Gasteiger partial charge in [0.05, 0.1) is 0 Å². The van der Waals surface area contributed by atoms with Crippen LogP contribution < -0.4 is 5.32 Å². The van der Waals surface area contributed by atoms with E-state index in [0.717, 1.165) is 31.7 Å². The van der Waals surface area contributed by atoms with Gasteiger partial charge in [-0.05, 0) is 72.1 Å². The lowest BCUT2D eigenvalue weighted by Crippen LogP contribution is -2.48. The molecule has 2 fully saturated rings. The number of nitrogens with one attached hydrogen (secondary N) is 1. The first-order valence-corrected chi connectivity index (χ1v) is 9.56. The monoisotopic (exact) mass is 324 g/mol. The number of nitrogens with zero attached hydrogens (tertiary/aromatic N) is 1. The first-order valence-electron chi connectivity index (χ1n) is 9.56. The van der Waals surface area contributed by atoms with E-state index in [-0.39, 0.29) is 6.09 Å². The van der Waals surface area contributed by atoms with Crippen molar-refractivity contribution >= 4 is 6.09 Å². The van der Waals surface area contributed by atoms with Crippen molar-refractivity contribution in [1.29, 1.82) is 0 Å². The Kier molecular flexibility index (Phi) is 6.35. The first-order chi connectivity index (χ1) is 10.8. The van der Waals surface area contributed by atoms with E-state index < -0.39 is 5.60 Å². The van der Waals surface area contributed by atoms with Gasteiger partial charge in [0.25, 0.3) is 0 Å². The van der Waals surface area contributed by atoms with Crippen molar-refractivity contribution in [1.82, 2.24) is 10.2 Å². The Morgan fingerprint density at radius 2 is 2.09 bits per heavy atom. The van der Waals surface area contributed by atoms with Crippen molar-refractivity contribution < 1.29 is 9.53 Å². The Morgan fingerprint density at radius 1 is 1.35 bits per heavy atom. The van der Waals surface area contributed by atoms with Crippen LogP contribution in [-0.2, 0) is 4.74 Å². The van der Waals surface area contributed by atoms with Crippen molar-refractivity contribution in [2.45, 2.75) is 103 Å². The van der Waals surface area contributed by atoms with Crippen LogP contribution in [0.3, 0.4) is 0 Å². The molecule has 4 heteroatoms. The van der Waals surface area contributed by atoms with Gasteiger partial charge in [-0.25, -0.2) is 4.79 Å². The summed E-state index contributed by atoms with van der Waals surface area (Å²) in [5, 5.41) is 3.76. The molecule has 134 valence electrons. The molecular weight excluding hydrogens is 288 g/mol. The summed E-state index contributed by atoms with van der Waals surface area (Å²) in [7, 11) is 0. The molecule has 1 aliphatic carbocycles. The van der Waals surface area contributed by atoms with Gasteiger partial charge in [-0.15, -0.1) is 0 Å². The second kappa shape index (κ2) is 7.87. The van der Waals surface area contributed by atoms with Crippen LogP contribution in [0.2, 0.25) is 0 Å². The third-order valence-electron chi connectivity index (χ3n) is 4.96. The Hall–Kier alpha value is -0.770. The molecule has 1 N–H and O–H groups in total. The second-order valence-electron chi connectivity index (χ2n) is 8.52. The van der Waals surface area contributed by atoms with Crippen molar-refractivity contribution in [3.05, 3.63) is 0 Å². The largest absolute Gasteiger partial charge is 0.444 e. The molecule has 4 nitrogen and oxygen atoms in total. The molecule has 23 heavy (non-hydrogen) atoms. The Balaban J connectivity index is 1.82. The van der Waals surface area contributed by atoms with Gasteiger partial charge >= 0.3 is 6.09 Å². The van der Waals surface area contributed by atoms with Gasteiger partial charge in [0.15, 0.2) is 0 Å². The zero-order chi connectivity index (χ0) is 17.0. The zero-order valence-corrected chi connectivity index (χ0v) is 15.7. The van der Waals surface area contributed by atoms with Gasteiger partial charge < -0.3 is 15.0 Å². The number of amides is 1. The number of hydrogen-bond acceptors (Lipinski definition) is 3. The number of carbonyl (C=O) groups excluding carboxylic acids is 1. The number of rotatable bonds is 6. The van der Waals surface area contributed by atoms with E-state index in [2.05, 4.69) is 19.2 Å². The van der Waals surface area contributed by atoms with Gasteiger partial charge in [0.1, 0.15) is 5.60 Å². The van der Waals surface area contributed by atoms with Crippen LogP contribution in [0.25, 0.3) is 0 Å². The van der Waals surface area contributed by atoms with E-state index in [0.29, 0.717) is 18.1 Å². The first kappa shape index (κ1) is 18.6. The maximum atomic E-state index is 12.5. The molecule has 4 atom stereocenters. The van der Waals surface area contributed by atoms with E-state index in [4.69, 9.17) is 4.74 Å². The van der Waals surface area contributed by atoms with E-state index >= 15 is 0 Å². The Morgan fingerprint density at radius 3 is 2.74 bits per heavy atom. The fraction of sp³-hybridized carbons (Fsp3) is 0.947. The summed E-state index contributed by atoms with van der Waals surface area (Å²) >= 11 is 0. The summed E-state index contributed by atoms with van der Waals surface area (Å²) in [6, 6.07) is 1.50. The standard InChI is InChI=1S/C19H36N2O2/c1-6-9-15-13-17(15)20-14(2)12-16-10-7-8-11-21(16)18(22)23-19(3,4)5/h14-17,20H,6-13H2,1-5H3. The number of ether oxygens (including phenoxy) is 1. The summed E-state index contributed by atoms with van der Waals surface area (Å²) < 4.78 is 5.60. The Labute approximate surface area is 142 Å². The molecule has 0 spiro atoms. The summed E-state index contributed by atoms with van der Waals surface area (Å²) in [5.41, 5.74) is -0.412. The van der Waals surface area contributed by atoms with E-state index in [9.17, 15) is 4.79 Å². The third-order valence-corrected chi connectivity index (χ3v) is 4.96. The van der Waals surface area contributed by atoms with Crippen LogP contribution in [0.5, 0.6) is 0 Å². The molecule has 1 saturated heterocycles. The predicted octanol–water partition coefficient (Wildman–Crippen LogP) is 4.33. The van der Waals surface area contributed by atoms with Gasteiger partial charge in [-0.1, -0.05) is 13.3 Å².